The molecule has 1 fully saturated rings. The summed E-state index contributed by atoms with van der Waals surface area (Å²) in [5.41, 5.74) is 2.11. The Labute approximate surface area is 159 Å². The number of anilines is 1. The largest absolute Gasteiger partial charge is 0.480 e. The number of urea groups is 1. The Morgan fingerprint density at radius 1 is 1.19 bits per heavy atom. The molecule has 1 saturated heterocycles. The number of aromatic nitrogens is 2. The molecule has 7 nitrogen and oxygen atoms in total. The summed E-state index contributed by atoms with van der Waals surface area (Å²) in [5, 5.41) is 2.95. The molecule has 0 bridgehead atoms. The second-order valence-corrected chi connectivity index (χ2v) is 7.63. The average Bonchev–Trinajstić information content (AvgIpc) is 3.10. The van der Waals surface area contributed by atoms with Gasteiger partial charge in [-0.05, 0) is 23.1 Å². The van der Waals surface area contributed by atoms with Crippen LogP contribution in [0.4, 0.5) is 10.5 Å². The van der Waals surface area contributed by atoms with Crippen LogP contribution in [-0.4, -0.2) is 47.2 Å². The van der Waals surface area contributed by atoms with Crippen molar-refractivity contribution < 1.29 is 14.3 Å². The van der Waals surface area contributed by atoms with Crippen LogP contribution in [-0.2, 0) is 5.41 Å². The third-order valence-electron chi connectivity index (χ3n) is 4.52. The molecule has 1 unspecified atom stereocenters. The number of rotatable bonds is 4. The molecule has 1 aliphatic rings. The van der Waals surface area contributed by atoms with Crippen molar-refractivity contribution in [3.63, 3.8) is 0 Å². The van der Waals surface area contributed by atoms with Gasteiger partial charge in [0.15, 0.2) is 0 Å². The number of nitrogens with one attached hydrogen (secondary N) is 1. The van der Waals surface area contributed by atoms with E-state index in [0.29, 0.717) is 24.8 Å². The van der Waals surface area contributed by atoms with E-state index in [4.69, 9.17) is 9.47 Å². The van der Waals surface area contributed by atoms with Crippen molar-refractivity contribution in [2.45, 2.75) is 38.7 Å². The summed E-state index contributed by atoms with van der Waals surface area (Å²) in [7, 11) is 1.53. The zero-order chi connectivity index (χ0) is 19.4. The minimum Gasteiger partial charge on any atom is -0.480 e. The summed E-state index contributed by atoms with van der Waals surface area (Å²) in [6, 6.07) is 7.85. The average molecular weight is 370 g/mol. The molecule has 2 heterocycles. The van der Waals surface area contributed by atoms with Crippen molar-refractivity contribution in [1.29, 1.82) is 0 Å². The van der Waals surface area contributed by atoms with Gasteiger partial charge in [0.2, 0.25) is 11.8 Å². The van der Waals surface area contributed by atoms with Gasteiger partial charge in [0.05, 0.1) is 26.0 Å². The van der Waals surface area contributed by atoms with Gasteiger partial charge in [-0.3, -0.25) is 4.98 Å². The van der Waals surface area contributed by atoms with E-state index in [1.807, 2.05) is 24.3 Å². The molecule has 2 amide bonds. The lowest BCUT2D eigenvalue weighted by atomic mass is 9.87. The highest BCUT2D eigenvalue weighted by molar-refractivity contribution is 5.89. The number of benzene rings is 1. The second-order valence-electron chi connectivity index (χ2n) is 7.63. The van der Waals surface area contributed by atoms with E-state index in [9.17, 15) is 4.79 Å². The summed E-state index contributed by atoms with van der Waals surface area (Å²) in [6.07, 6.45) is 3.70. The van der Waals surface area contributed by atoms with Crippen LogP contribution in [0, 0.1) is 0 Å². The Morgan fingerprint density at radius 3 is 2.56 bits per heavy atom. The quantitative estimate of drug-likeness (QED) is 0.892. The lowest BCUT2D eigenvalue weighted by Crippen LogP contribution is -2.34. The lowest BCUT2D eigenvalue weighted by molar-refractivity contribution is 0.188. The number of carbonyl (C=O) groups excluding carboxylic acids is 1. The number of hydrogen-bond acceptors (Lipinski definition) is 5. The highest BCUT2D eigenvalue weighted by Crippen LogP contribution is 2.24. The summed E-state index contributed by atoms with van der Waals surface area (Å²) in [4.78, 5) is 22.5. The Kier molecular flexibility index (Phi) is 5.48. The third kappa shape index (κ3) is 4.87. The molecular formula is C20H26N4O3. The molecule has 1 aromatic heterocycles. The molecule has 1 aromatic carbocycles. The summed E-state index contributed by atoms with van der Waals surface area (Å²) in [5.74, 6) is 0.804. The molecule has 0 spiro atoms. The summed E-state index contributed by atoms with van der Waals surface area (Å²) >= 11 is 0. The van der Waals surface area contributed by atoms with E-state index in [-0.39, 0.29) is 17.6 Å². The maximum absolute atomic E-state index is 12.5. The topological polar surface area (TPSA) is 76.6 Å². The number of ether oxygens (including phenoxy) is 2. The monoisotopic (exact) mass is 370 g/mol. The highest BCUT2D eigenvalue weighted by Gasteiger charge is 2.28. The zero-order valence-electron chi connectivity index (χ0n) is 16.2. The highest BCUT2D eigenvalue weighted by atomic mass is 16.5. The van der Waals surface area contributed by atoms with Gasteiger partial charge >= 0.3 is 6.03 Å². The third-order valence-corrected chi connectivity index (χ3v) is 4.52. The van der Waals surface area contributed by atoms with E-state index in [2.05, 4.69) is 36.1 Å². The molecule has 7 heteroatoms. The van der Waals surface area contributed by atoms with Gasteiger partial charge in [0, 0.05) is 18.7 Å². The Hall–Kier alpha value is -2.83. The van der Waals surface area contributed by atoms with Gasteiger partial charge in [-0.1, -0.05) is 32.9 Å². The minimum atomic E-state index is -0.124. The standard InChI is InChI=1S/C20H26N4O3/c1-20(2,3)14-5-7-15(8-6-14)22-19(25)24-10-9-16(13-24)27-18-12-21-11-17(23-18)26-4/h5-8,11-12,16H,9-10,13H2,1-4H3,(H,22,25). The first kappa shape index (κ1) is 18.9. The number of amides is 2. The lowest BCUT2D eigenvalue weighted by Gasteiger charge is -2.20. The minimum absolute atomic E-state index is 0.0884. The predicted molar refractivity (Wildman–Crippen MR) is 103 cm³/mol. The van der Waals surface area contributed by atoms with Crippen LogP contribution in [0.3, 0.4) is 0 Å². The first-order chi connectivity index (χ1) is 12.8. The van der Waals surface area contributed by atoms with Crippen LogP contribution < -0.4 is 14.8 Å². The van der Waals surface area contributed by atoms with Crippen LogP contribution in [0.1, 0.15) is 32.8 Å². The smallest absolute Gasteiger partial charge is 0.321 e. The number of likely N-dealkylation sites (tertiary alicyclic amines) is 1. The Bertz CT molecular complexity index is 787. The number of carbonyl (C=O) groups is 1. The van der Waals surface area contributed by atoms with E-state index in [1.165, 1.54) is 18.9 Å². The maximum atomic E-state index is 12.5. The fourth-order valence-corrected chi connectivity index (χ4v) is 2.92. The van der Waals surface area contributed by atoms with Crippen molar-refractivity contribution in [3.8, 4) is 11.8 Å². The maximum Gasteiger partial charge on any atom is 0.321 e. The van der Waals surface area contributed by atoms with Crippen molar-refractivity contribution in [2.75, 3.05) is 25.5 Å². The summed E-state index contributed by atoms with van der Waals surface area (Å²) < 4.78 is 10.9. The molecule has 0 radical (unpaired) electrons. The molecule has 1 N–H and O–H groups in total. The van der Waals surface area contributed by atoms with Crippen LogP contribution in [0.5, 0.6) is 11.8 Å². The Morgan fingerprint density at radius 2 is 1.89 bits per heavy atom. The van der Waals surface area contributed by atoms with Crippen molar-refractivity contribution in [1.82, 2.24) is 14.9 Å². The normalized spacial score (nSPS) is 16.9. The predicted octanol–water partition coefficient (Wildman–Crippen LogP) is 3.47. The molecule has 1 atom stereocenters. The first-order valence-corrected chi connectivity index (χ1v) is 9.04. The van der Waals surface area contributed by atoms with Crippen LogP contribution in [0.2, 0.25) is 0 Å². The van der Waals surface area contributed by atoms with Gasteiger partial charge in [0.25, 0.3) is 0 Å². The fraction of sp³-hybridized carbons (Fsp3) is 0.450. The number of nitrogens with zero attached hydrogens (tertiary/aromatic N) is 3. The zero-order valence-corrected chi connectivity index (χ0v) is 16.2. The molecule has 2 aromatic rings. The van der Waals surface area contributed by atoms with Crippen molar-refractivity contribution >= 4 is 11.7 Å². The van der Waals surface area contributed by atoms with Gasteiger partial charge in [-0.25, -0.2) is 4.79 Å². The first-order valence-electron chi connectivity index (χ1n) is 9.04. The van der Waals surface area contributed by atoms with Crippen molar-refractivity contribution in [3.05, 3.63) is 42.2 Å². The van der Waals surface area contributed by atoms with Crippen molar-refractivity contribution in [2.24, 2.45) is 0 Å². The van der Waals surface area contributed by atoms with E-state index >= 15 is 0 Å². The van der Waals surface area contributed by atoms with Gasteiger partial charge in [-0.2, -0.15) is 4.98 Å². The van der Waals surface area contributed by atoms with Crippen LogP contribution in [0.15, 0.2) is 36.7 Å². The molecule has 144 valence electrons. The molecule has 0 saturated carbocycles. The van der Waals surface area contributed by atoms with Crippen LogP contribution >= 0.6 is 0 Å². The van der Waals surface area contributed by atoms with E-state index in [0.717, 1.165) is 12.1 Å². The SMILES string of the molecule is COc1cncc(OC2CCN(C(=O)Nc3ccc(C(C)(C)C)cc3)C2)n1. The van der Waals surface area contributed by atoms with E-state index < -0.39 is 0 Å². The number of hydrogen-bond donors (Lipinski definition) is 1. The van der Waals surface area contributed by atoms with Gasteiger partial charge in [0.1, 0.15) is 6.10 Å². The molecule has 3 rings (SSSR count). The van der Waals surface area contributed by atoms with Gasteiger partial charge in [-0.15, -0.1) is 0 Å². The summed E-state index contributed by atoms with van der Waals surface area (Å²) in [6.45, 7) is 7.63. The Balaban J connectivity index is 1.54. The number of methoxy groups -OCH3 is 1. The fourth-order valence-electron chi connectivity index (χ4n) is 2.92. The molecule has 1 aliphatic heterocycles. The van der Waals surface area contributed by atoms with Crippen LogP contribution in [0.25, 0.3) is 0 Å². The molecular weight excluding hydrogens is 344 g/mol. The second kappa shape index (κ2) is 7.82. The van der Waals surface area contributed by atoms with Gasteiger partial charge < -0.3 is 19.7 Å². The van der Waals surface area contributed by atoms with E-state index in [1.54, 1.807) is 11.1 Å². The molecule has 0 aliphatic carbocycles. The molecule has 27 heavy (non-hydrogen) atoms.